The predicted octanol–water partition coefficient (Wildman–Crippen LogP) is 4.06. The van der Waals surface area contributed by atoms with Gasteiger partial charge in [0, 0.05) is 12.3 Å². The van der Waals surface area contributed by atoms with Crippen LogP contribution in [0.5, 0.6) is 11.5 Å². The summed E-state index contributed by atoms with van der Waals surface area (Å²) < 4.78 is 23.0. The Kier molecular flexibility index (Phi) is 6.56. The third-order valence-corrected chi connectivity index (χ3v) is 5.96. The molecule has 5 rings (SSSR count). The van der Waals surface area contributed by atoms with Crippen molar-refractivity contribution in [1.29, 1.82) is 0 Å². The van der Waals surface area contributed by atoms with Crippen molar-refractivity contribution in [2.24, 2.45) is 0 Å². The van der Waals surface area contributed by atoms with Gasteiger partial charge >= 0.3 is 0 Å². The van der Waals surface area contributed by atoms with Crippen molar-refractivity contribution in [2.45, 2.75) is 31.8 Å². The van der Waals surface area contributed by atoms with E-state index >= 15 is 0 Å². The lowest BCUT2D eigenvalue weighted by Gasteiger charge is -2.29. The molecular weight excluding hydrogens is 448 g/mol. The minimum absolute atomic E-state index is 0.0146. The maximum atomic E-state index is 13.1. The zero-order valence-electron chi connectivity index (χ0n) is 19.0. The minimum atomic E-state index is -0.651. The van der Waals surface area contributed by atoms with Gasteiger partial charge in [-0.3, -0.25) is 4.79 Å². The Bertz CT molecular complexity index is 1240. The van der Waals surface area contributed by atoms with Gasteiger partial charge in [0.15, 0.2) is 17.3 Å². The molecule has 0 unspecified atom stereocenters. The van der Waals surface area contributed by atoms with Crippen LogP contribution in [0.2, 0.25) is 0 Å². The number of hydrogen-bond acceptors (Lipinski definition) is 7. The highest BCUT2D eigenvalue weighted by molar-refractivity contribution is 6.04. The summed E-state index contributed by atoms with van der Waals surface area (Å²) in [6.07, 6.45) is 1.65. The number of allylic oxidation sites excluding steroid dienone is 1. The molecule has 0 radical (unpaired) electrons. The molecule has 2 aliphatic heterocycles. The van der Waals surface area contributed by atoms with Crippen LogP contribution in [0.3, 0.4) is 0 Å². The van der Waals surface area contributed by atoms with Gasteiger partial charge in [-0.15, -0.1) is 0 Å². The van der Waals surface area contributed by atoms with E-state index in [1.807, 2.05) is 42.5 Å². The van der Waals surface area contributed by atoms with Crippen molar-refractivity contribution >= 4 is 17.3 Å². The van der Waals surface area contributed by atoms with Gasteiger partial charge in [0.2, 0.25) is 13.1 Å². The second-order valence-electron chi connectivity index (χ2n) is 8.36. The molecule has 1 amide bonds. The van der Waals surface area contributed by atoms with Gasteiger partial charge in [-0.05, 0) is 47.0 Å². The molecule has 0 bridgehead atoms. The van der Waals surface area contributed by atoms with Gasteiger partial charge in [-0.25, -0.2) is 0 Å². The van der Waals surface area contributed by atoms with Gasteiger partial charge in [0.25, 0.3) is 5.91 Å². The van der Waals surface area contributed by atoms with Gasteiger partial charge in [0.1, 0.15) is 0 Å². The first-order chi connectivity index (χ1) is 17.1. The van der Waals surface area contributed by atoms with Gasteiger partial charge in [0.05, 0.1) is 24.6 Å². The Hall–Kier alpha value is -4.01. The summed E-state index contributed by atoms with van der Waals surface area (Å²) in [7, 11) is 0. The zero-order valence-corrected chi connectivity index (χ0v) is 19.0. The maximum absolute atomic E-state index is 13.1. The number of ether oxygens (including phenoxy) is 4. The number of aliphatic hydroxyl groups excluding tert-OH is 1. The first-order valence-corrected chi connectivity index (χ1v) is 11.3. The number of amides is 1. The first kappa shape index (κ1) is 22.8. The van der Waals surface area contributed by atoms with E-state index in [4.69, 9.17) is 24.7 Å². The number of nitrogen functional groups attached to an aromatic ring is 1. The van der Waals surface area contributed by atoms with E-state index in [0.29, 0.717) is 35.9 Å². The molecule has 8 nitrogen and oxygen atoms in total. The number of benzene rings is 3. The molecule has 180 valence electrons. The van der Waals surface area contributed by atoms with E-state index in [-0.39, 0.29) is 25.1 Å². The van der Waals surface area contributed by atoms with Crippen molar-refractivity contribution in [3.8, 4) is 11.5 Å². The highest BCUT2D eigenvalue weighted by Crippen LogP contribution is 2.38. The Morgan fingerprint density at radius 1 is 1.03 bits per heavy atom. The van der Waals surface area contributed by atoms with Crippen LogP contribution in [0.25, 0.3) is 0 Å². The van der Waals surface area contributed by atoms with E-state index in [0.717, 1.165) is 16.7 Å². The van der Waals surface area contributed by atoms with Crippen LogP contribution in [-0.2, 0) is 27.5 Å². The maximum Gasteiger partial charge on any atom is 0.290 e. The fourth-order valence-electron chi connectivity index (χ4n) is 4.02. The quantitative estimate of drug-likeness (QED) is 0.443. The molecule has 0 saturated heterocycles. The number of rotatable bonds is 7. The van der Waals surface area contributed by atoms with Crippen LogP contribution in [0.1, 0.15) is 29.0 Å². The third kappa shape index (κ3) is 5.24. The molecule has 8 heteroatoms. The van der Waals surface area contributed by atoms with E-state index in [9.17, 15) is 9.90 Å². The fraction of sp³-hybridized carbons (Fsp3) is 0.222. The summed E-state index contributed by atoms with van der Waals surface area (Å²) in [6.45, 7) is 0.472. The van der Waals surface area contributed by atoms with Crippen molar-refractivity contribution in [1.82, 2.24) is 0 Å². The van der Waals surface area contributed by atoms with Crippen LogP contribution >= 0.6 is 0 Å². The smallest absolute Gasteiger partial charge is 0.290 e. The Morgan fingerprint density at radius 3 is 2.60 bits per heavy atom. The molecule has 2 heterocycles. The lowest BCUT2D eigenvalue weighted by Crippen LogP contribution is -2.29. The Labute approximate surface area is 202 Å². The highest BCUT2D eigenvalue weighted by Gasteiger charge is 2.30. The minimum Gasteiger partial charge on any atom is -0.459 e. The summed E-state index contributed by atoms with van der Waals surface area (Å²) in [5.41, 5.74) is 9.68. The van der Waals surface area contributed by atoms with Gasteiger partial charge < -0.3 is 35.1 Å². The highest BCUT2D eigenvalue weighted by atomic mass is 16.7. The number of anilines is 2. The molecule has 35 heavy (non-hydrogen) atoms. The van der Waals surface area contributed by atoms with E-state index in [2.05, 4.69) is 5.32 Å². The summed E-state index contributed by atoms with van der Waals surface area (Å²) in [6, 6.07) is 20.3. The summed E-state index contributed by atoms with van der Waals surface area (Å²) in [5, 5.41) is 12.1. The van der Waals surface area contributed by atoms with Crippen molar-refractivity contribution in [3.05, 3.63) is 95.3 Å². The molecule has 0 spiro atoms. The SMILES string of the molecule is Nc1ccccc1NC(=O)C1=C[C@@H](c2ccc3c(c2)OCO3)C[C@@H](OCc2ccc(CO)cc2)O1. The van der Waals surface area contributed by atoms with E-state index < -0.39 is 12.2 Å². The van der Waals surface area contributed by atoms with Crippen LogP contribution in [0, 0.1) is 0 Å². The van der Waals surface area contributed by atoms with Crippen LogP contribution in [0.4, 0.5) is 11.4 Å². The average Bonchev–Trinajstić information content (AvgIpc) is 3.37. The molecule has 0 fully saturated rings. The number of fused-ring (bicyclic) bond motifs is 1. The summed E-state index contributed by atoms with van der Waals surface area (Å²) >= 11 is 0. The van der Waals surface area contributed by atoms with Crippen molar-refractivity contribution in [2.75, 3.05) is 17.8 Å². The lowest BCUT2D eigenvalue weighted by atomic mass is 9.92. The van der Waals surface area contributed by atoms with Crippen LogP contribution in [-0.4, -0.2) is 24.1 Å². The number of carbonyl (C=O) groups excluding carboxylic acids is 1. The number of hydrogen-bond donors (Lipinski definition) is 3. The molecule has 2 aliphatic rings. The zero-order chi connectivity index (χ0) is 24.2. The number of carbonyl (C=O) groups is 1. The molecule has 3 aromatic carbocycles. The fourth-order valence-corrected chi connectivity index (χ4v) is 4.02. The van der Waals surface area contributed by atoms with Crippen molar-refractivity contribution in [3.63, 3.8) is 0 Å². The normalized spacial score (nSPS) is 18.5. The molecular formula is C27H26N2O6. The van der Waals surface area contributed by atoms with Crippen LogP contribution < -0.4 is 20.5 Å². The second kappa shape index (κ2) is 10.1. The lowest BCUT2D eigenvalue weighted by molar-refractivity contribution is -0.147. The Morgan fingerprint density at radius 2 is 1.80 bits per heavy atom. The molecule has 0 aromatic heterocycles. The predicted molar refractivity (Wildman–Crippen MR) is 130 cm³/mol. The largest absolute Gasteiger partial charge is 0.459 e. The van der Waals surface area contributed by atoms with Gasteiger partial charge in [-0.2, -0.15) is 0 Å². The molecule has 3 aromatic rings. The molecule has 2 atom stereocenters. The molecule has 4 N–H and O–H groups in total. The number of nitrogens with two attached hydrogens (primary N) is 1. The standard InChI is InChI=1S/C27H26N2O6/c28-21-3-1-2-4-22(21)29-27(31)25-12-20(19-9-10-23-24(11-19)34-16-33-23)13-26(35-25)32-15-18-7-5-17(14-30)6-8-18/h1-12,20,26,30H,13-16,28H2,(H,29,31)/t20-,26+/m1/s1. The summed E-state index contributed by atoms with van der Waals surface area (Å²) in [4.78, 5) is 13.1. The molecule has 0 aliphatic carbocycles. The Balaban J connectivity index is 1.36. The van der Waals surface area contributed by atoms with Crippen LogP contribution in [0.15, 0.2) is 78.6 Å². The number of aliphatic hydroxyl groups is 1. The van der Waals surface area contributed by atoms with E-state index in [1.165, 1.54) is 0 Å². The summed E-state index contributed by atoms with van der Waals surface area (Å²) in [5.74, 6) is 0.972. The molecule has 0 saturated carbocycles. The monoisotopic (exact) mass is 474 g/mol. The topological polar surface area (TPSA) is 112 Å². The number of nitrogens with one attached hydrogen (secondary N) is 1. The third-order valence-electron chi connectivity index (χ3n) is 5.96. The van der Waals surface area contributed by atoms with E-state index in [1.54, 1.807) is 30.3 Å². The second-order valence-corrected chi connectivity index (χ2v) is 8.36. The first-order valence-electron chi connectivity index (χ1n) is 11.3. The number of para-hydroxylation sites is 2. The van der Waals surface area contributed by atoms with Crippen molar-refractivity contribution < 1.29 is 28.8 Å². The average molecular weight is 475 g/mol. The van der Waals surface area contributed by atoms with Gasteiger partial charge in [-0.1, -0.05) is 42.5 Å².